The highest BCUT2D eigenvalue weighted by Gasteiger charge is 2.00. The third-order valence-corrected chi connectivity index (χ3v) is 0.740. The first kappa shape index (κ1) is 5.74. The van der Waals surface area contributed by atoms with Crippen LogP contribution in [0.2, 0.25) is 0 Å². The Morgan fingerprint density at radius 2 is 2.67 bits per heavy atom. The minimum Gasteiger partial charge on any atom is -0.481 e. The van der Waals surface area contributed by atoms with E-state index >= 15 is 0 Å². The number of hydrogen-bond donors (Lipinski definition) is 2. The van der Waals surface area contributed by atoms with Gasteiger partial charge in [0, 0.05) is 0 Å². The van der Waals surface area contributed by atoms with Crippen molar-refractivity contribution < 1.29 is 9.90 Å². The number of aliphatic carboxylic acids is 1. The fourth-order valence-electron chi connectivity index (χ4n) is 0.423. The van der Waals surface area contributed by atoms with E-state index in [1.165, 1.54) is 0 Å². The van der Waals surface area contributed by atoms with Crippen molar-refractivity contribution in [2.45, 2.75) is 6.42 Å². The van der Waals surface area contributed by atoms with E-state index in [4.69, 9.17) is 5.11 Å². The second-order valence-corrected chi connectivity index (χ2v) is 1.45. The van der Waals surface area contributed by atoms with Crippen molar-refractivity contribution >= 4 is 5.97 Å². The van der Waals surface area contributed by atoms with Gasteiger partial charge >= 0.3 is 5.97 Å². The number of aromatic nitrogens is 3. The molecule has 0 aliphatic heterocycles. The topological polar surface area (TPSA) is 78.9 Å². The predicted octanol–water partition coefficient (Wildman–Crippen LogP) is -0.768. The number of hydrogen-bond acceptors (Lipinski definition) is 3. The molecule has 1 heterocycles. The van der Waals surface area contributed by atoms with Gasteiger partial charge in [-0.1, -0.05) is 0 Å². The van der Waals surface area contributed by atoms with Gasteiger partial charge in [0.25, 0.3) is 0 Å². The molecule has 1 aromatic rings. The minimum atomic E-state index is -0.930. The van der Waals surface area contributed by atoms with E-state index < -0.39 is 5.97 Å². The number of nitrogens with one attached hydrogen (secondary N) is 1. The summed E-state index contributed by atoms with van der Waals surface area (Å²) in [5.74, 6) is -0.609. The lowest BCUT2D eigenvalue weighted by Crippen LogP contribution is -2.01. The molecule has 0 fully saturated rings. The van der Waals surface area contributed by atoms with E-state index in [2.05, 4.69) is 21.5 Å². The Labute approximate surface area is 50.7 Å². The number of H-pyrrole nitrogens is 1. The van der Waals surface area contributed by atoms with Gasteiger partial charge in [-0.3, -0.25) is 4.79 Å². The highest BCUT2D eigenvalue weighted by Crippen LogP contribution is 1.84. The van der Waals surface area contributed by atoms with E-state index in [-0.39, 0.29) is 6.42 Å². The van der Waals surface area contributed by atoms with E-state index in [1.54, 1.807) is 0 Å². The molecular formula is C4H4N3O2. The smallest absolute Gasteiger partial charge is 0.311 e. The SMILES string of the molecule is O=C(O)Cc1nn[c][nH]1. The first-order valence-electron chi connectivity index (χ1n) is 2.28. The summed E-state index contributed by atoms with van der Waals surface area (Å²) in [5.41, 5.74) is 0. The lowest BCUT2D eigenvalue weighted by molar-refractivity contribution is -0.136. The zero-order chi connectivity index (χ0) is 6.69. The van der Waals surface area contributed by atoms with Gasteiger partial charge in [0.1, 0.15) is 12.2 Å². The molecule has 1 aromatic heterocycles. The lowest BCUT2D eigenvalue weighted by atomic mass is 10.4. The van der Waals surface area contributed by atoms with Gasteiger partial charge in [0.2, 0.25) is 0 Å². The first-order chi connectivity index (χ1) is 4.29. The van der Waals surface area contributed by atoms with Crippen LogP contribution in [0.15, 0.2) is 0 Å². The minimum absolute atomic E-state index is 0.128. The van der Waals surface area contributed by atoms with Gasteiger partial charge in [-0.05, 0) is 0 Å². The monoisotopic (exact) mass is 126 g/mol. The normalized spacial score (nSPS) is 9.33. The molecule has 0 aliphatic rings. The van der Waals surface area contributed by atoms with Gasteiger partial charge in [0.15, 0.2) is 6.33 Å². The molecule has 1 rings (SSSR count). The van der Waals surface area contributed by atoms with E-state index in [9.17, 15) is 4.79 Å². The fourth-order valence-corrected chi connectivity index (χ4v) is 0.423. The van der Waals surface area contributed by atoms with Crippen LogP contribution in [-0.4, -0.2) is 26.3 Å². The summed E-state index contributed by atoms with van der Waals surface area (Å²) in [7, 11) is 0. The van der Waals surface area contributed by atoms with E-state index in [0.29, 0.717) is 5.82 Å². The average Bonchev–Trinajstić information content (AvgIpc) is 2.15. The standard InChI is InChI=1S/C4H4N3O2/c8-4(9)1-3-5-2-6-7-3/h1H2,(H,8,9)(H,5,6,7). The molecule has 2 N–H and O–H groups in total. The number of nitrogens with zero attached hydrogens (tertiary/aromatic N) is 2. The van der Waals surface area contributed by atoms with Gasteiger partial charge < -0.3 is 10.1 Å². The molecule has 47 valence electrons. The average molecular weight is 126 g/mol. The molecule has 5 nitrogen and oxygen atoms in total. The van der Waals surface area contributed by atoms with Crippen molar-refractivity contribution in [1.29, 1.82) is 0 Å². The van der Waals surface area contributed by atoms with Crippen LogP contribution in [0.3, 0.4) is 0 Å². The van der Waals surface area contributed by atoms with Crippen LogP contribution in [0.1, 0.15) is 5.82 Å². The summed E-state index contributed by atoms with van der Waals surface area (Å²) in [6, 6.07) is 0. The summed E-state index contributed by atoms with van der Waals surface area (Å²) >= 11 is 0. The molecule has 9 heavy (non-hydrogen) atoms. The van der Waals surface area contributed by atoms with Gasteiger partial charge in [-0.15, -0.1) is 10.2 Å². The highest BCUT2D eigenvalue weighted by atomic mass is 16.4. The Morgan fingerprint density at radius 1 is 1.89 bits per heavy atom. The maximum Gasteiger partial charge on any atom is 0.311 e. The van der Waals surface area contributed by atoms with Crippen molar-refractivity contribution in [3.05, 3.63) is 12.2 Å². The van der Waals surface area contributed by atoms with Crippen molar-refractivity contribution in [2.75, 3.05) is 0 Å². The van der Waals surface area contributed by atoms with Crippen LogP contribution >= 0.6 is 0 Å². The molecule has 0 unspecified atom stereocenters. The third kappa shape index (κ3) is 1.52. The molecule has 0 atom stereocenters. The number of carboxylic acid groups (broad SMARTS) is 1. The fraction of sp³-hybridized carbons (Fsp3) is 0.250. The zero-order valence-corrected chi connectivity index (χ0v) is 4.46. The Kier molecular flexibility index (Phi) is 1.44. The van der Waals surface area contributed by atoms with Crippen molar-refractivity contribution in [3.8, 4) is 0 Å². The second-order valence-electron chi connectivity index (χ2n) is 1.45. The van der Waals surface area contributed by atoms with Crippen molar-refractivity contribution in [1.82, 2.24) is 15.2 Å². The molecule has 1 radical (unpaired) electrons. The number of carbonyl (C=O) groups is 1. The van der Waals surface area contributed by atoms with E-state index in [0.717, 1.165) is 0 Å². The summed E-state index contributed by atoms with van der Waals surface area (Å²) in [5, 5.41) is 14.9. The molecule has 0 bridgehead atoms. The van der Waals surface area contributed by atoms with Crippen LogP contribution in [0.25, 0.3) is 0 Å². The second kappa shape index (κ2) is 2.25. The largest absolute Gasteiger partial charge is 0.481 e. The van der Waals surface area contributed by atoms with Crippen molar-refractivity contribution in [3.63, 3.8) is 0 Å². The molecular weight excluding hydrogens is 122 g/mol. The highest BCUT2D eigenvalue weighted by molar-refractivity contribution is 5.68. The first-order valence-corrected chi connectivity index (χ1v) is 2.28. The van der Waals surface area contributed by atoms with Gasteiger partial charge in [-0.2, -0.15) is 0 Å². The third-order valence-electron chi connectivity index (χ3n) is 0.740. The molecule has 0 saturated carbocycles. The van der Waals surface area contributed by atoms with Gasteiger partial charge in [0.05, 0.1) is 0 Å². The molecule has 0 aliphatic carbocycles. The Hall–Kier alpha value is -1.39. The summed E-state index contributed by atoms with van der Waals surface area (Å²) in [4.78, 5) is 12.4. The Bertz CT molecular complexity index is 194. The number of carboxylic acids is 1. The maximum atomic E-state index is 9.96. The molecule has 0 saturated heterocycles. The number of rotatable bonds is 2. The summed E-state index contributed by atoms with van der Waals surface area (Å²) < 4.78 is 0. The predicted molar refractivity (Wildman–Crippen MR) is 26.6 cm³/mol. The quantitative estimate of drug-likeness (QED) is 0.545. The summed E-state index contributed by atoms with van der Waals surface area (Å²) in [6.45, 7) is 0. The molecule has 5 heteroatoms. The molecule has 0 amide bonds. The van der Waals surface area contributed by atoms with Crippen LogP contribution in [0, 0.1) is 6.33 Å². The van der Waals surface area contributed by atoms with Crippen LogP contribution < -0.4 is 0 Å². The molecule has 0 spiro atoms. The van der Waals surface area contributed by atoms with Crippen LogP contribution in [0.5, 0.6) is 0 Å². The Morgan fingerprint density at radius 3 is 3.11 bits per heavy atom. The number of aromatic amines is 1. The lowest BCUT2D eigenvalue weighted by Gasteiger charge is -1.83. The molecule has 0 aromatic carbocycles. The van der Waals surface area contributed by atoms with E-state index in [1.807, 2.05) is 0 Å². The summed E-state index contributed by atoms with van der Waals surface area (Å²) in [6.07, 6.45) is 2.16. The van der Waals surface area contributed by atoms with Gasteiger partial charge in [-0.25, -0.2) is 0 Å². The Balaban J connectivity index is 2.58. The van der Waals surface area contributed by atoms with Crippen LogP contribution in [-0.2, 0) is 11.2 Å². The zero-order valence-electron chi connectivity index (χ0n) is 4.46. The van der Waals surface area contributed by atoms with Crippen LogP contribution in [0.4, 0.5) is 0 Å². The van der Waals surface area contributed by atoms with Crippen molar-refractivity contribution in [2.24, 2.45) is 0 Å². The maximum absolute atomic E-state index is 9.96.